The van der Waals surface area contributed by atoms with Crippen molar-refractivity contribution in [2.45, 2.75) is 20.0 Å². The Kier molecular flexibility index (Phi) is 5.12. The van der Waals surface area contributed by atoms with Gasteiger partial charge in [0.05, 0.1) is 10.7 Å². The Labute approximate surface area is 110 Å². The van der Waals surface area contributed by atoms with Crippen molar-refractivity contribution in [1.29, 1.82) is 0 Å². The van der Waals surface area contributed by atoms with Crippen LogP contribution in [0.4, 0.5) is 5.69 Å². The predicted octanol–water partition coefficient (Wildman–Crippen LogP) is 2.08. The van der Waals surface area contributed by atoms with Crippen molar-refractivity contribution >= 4 is 29.2 Å². The minimum Gasteiger partial charge on any atom is -0.479 e. The molecule has 18 heavy (non-hydrogen) atoms. The minimum atomic E-state index is -1.11. The molecule has 2 N–H and O–H groups in total. The highest BCUT2D eigenvalue weighted by atomic mass is 35.5. The summed E-state index contributed by atoms with van der Waals surface area (Å²) in [6, 6.07) is 5.20. The van der Waals surface area contributed by atoms with E-state index < -0.39 is 18.0 Å². The molecular formula is C12H14ClNO4. The zero-order valence-electron chi connectivity index (χ0n) is 10.1. The number of rotatable bonds is 5. The second kappa shape index (κ2) is 6.37. The Bertz CT molecular complexity index is 461. The number of halogens is 1. The number of anilines is 1. The minimum absolute atomic E-state index is 0.336. The summed E-state index contributed by atoms with van der Waals surface area (Å²) in [5, 5.41) is 11.5. The number of hydrogen-bond donors (Lipinski definition) is 2. The number of ether oxygens (including phenoxy) is 1. The summed E-state index contributed by atoms with van der Waals surface area (Å²) in [7, 11) is 0. The van der Waals surface area contributed by atoms with Crippen LogP contribution >= 0.6 is 11.6 Å². The van der Waals surface area contributed by atoms with Crippen LogP contribution in [0, 0.1) is 6.92 Å². The van der Waals surface area contributed by atoms with Crippen LogP contribution in [-0.2, 0) is 14.3 Å². The third-order valence-electron chi connectivity index (χ3n) is 2.21. The maximum absolute atomic E-state index is 11.5. The first-order valence-corrected chi connectivity index (χ1v) is 5.68. The molecule has 0 heterocycles. The Balaban J connectivity index is 2.52. The molecule has 1 atom stereocenters. The quantitative estimate of drug-likeness (QED) is 0.860. The van der Waals surface area contributed by atoms with E-state index in [0.717, 1.165) is 5.56 Å². The van der Waals surface area contributed by atoms with E-state index in [0.29, 0.717) is 10.7 Å². The highest BCUT2D eigenvalue weighted by Crippen LogP contribution is 2.22. The van der Waals surface area contributed by atoms with Gasteiger partial charge in [0.1, 0.15) is 6.61 Å². The van der Waals surface area contributed by atoms with Gasteiger partial charge in [0, 0.05) is 0 Å². The lowest BCUT2D eigenvalue weighted by Crippen LogP contribution is -2.26. The van der Waals surface area contributed by atoms with Crippen molar-refractivity contribution in [2.75, 3.05) is 11.9 Å². The van der Waals surface area contributed by atoms with E-state index in [1.54, 1.807) is 12.1 Å². The molecule has 1 aromatic carbocycles. The van der Waals surface area contributed by atoms with Crippen LogP contribution in [0.2, 0.25) is 5.02 Å². The topological polar surface area (TPSA) is 75.6 Å². The van der Waals surface area contributed by atoms with Crippen molar-refractivity contribution in [2.24, 2.45) is 0 Å². The number of carboxylic acids is 1. The van der Waals surface area contributed by atoms with Gasteiger partial charge in [0.15, 0.2) is 6.10 Å². The van der Waals surface area contributed by atoms with Crippen LogP contribution in [0.5, 0.6) is 0 Å². The lowest BCUT2D eigenvalue weighted by molar-refractivity contribution is -0.150. The van der Waals surface area contributed by atoms with Crippen LogP contribution < -0.4 is 5.32 Å². The third kappa shape index (κ3) is 4.35. The van der Waals surface area contributed by atoms with Crippen LogP contribution in [-0.4, -0.2) is 29.7 Å². The van der Waals surface area contributed by atoms with Crippen LogP contribution in [0.3, 0.4) is 0 Å². The summed E-state index contributed by atoms with van der Waals surface area (Å²) < 4.78 is 4.85. The zero-order chi connectivity index (χ0) is 13.7. The summed E-state index contributed by atoms with van der Waals surface area (Å²) >= 11 is 5.94. The van der Waals surface area contributed by atoms with E-state index in [-0.39, 0.29) is 6.61 Å². The van der Waals surface area contributed by atoms with Gasteiger partial charge in [-0.05, 0) is 31.5 Å². The first kappa shape index (κ1) is 14.5. The number of aryl methyl sites for hydroxylation is 1. The van der Waals surface area contributed by atoms with E-state index in [2.05, 4.69) is 5.32 Å². The Morgan fingerprint density at radius 3 is 2.72 bits per heavy atom. The average molecular weight is 272 g/mol. The molecule has 6 heteroatoms. The number of aliphatic carboxylic acids is 1. The van der Waals surface area contributed by atoms with E-state index in [4.69, 9.17) is 21.4 Å². The molecule has 0 saturated carbocycles. The van der Waals surface area contributed by atoms with E-state index in [1.807, 2.05) is 13.0 Å². The number of benzene rings is 1. The van der Waals surface area contributed by atoms with Crippen LogP contribution in [0.25, 0.3) is 0 Å². The number of hydrogen-bond acceptors (Lipinski definition) is 3. The number of carboxylic acid groups (broad SMARTS) is 1. The molecule has 1 amide bonds. The molecule has 0 aliphatic heterocycles. The summed E-state index contributed by atoms with van der Waals surface area (Å²) in [4.78, 5) is 22.0. The van der Waals surface area contributed by atoms with Crippen molar-refractivity contribution in [3.8, 4) is 0 Å². The van der Waals surface area contributed by atoms with Crippen LogP contribution in [0.1, 0.15) is 12.5 Å². The summed E-state index contributed by atoms with van der Waals surface area (Å²) in [6.45, 7) is 2.90. The Morgan fingerprint density at radius 2 is 2.17 bits per heavy atom. The SMILES string of the molecule is Cc1ccc(NC(=O)CO[C@@H](C)C(=O)O)c(Cl)c1. The third-order valence-corrected chi connectivity index (χ3v) is 2.52. The normalized spacial score (nSPS) is 11.9. The maximum Gasteiger partial charge on any atom is 0.332 e. The monoisotopic (exact) mass is 271 g/mol. The molecule has 0 radical (unpaired) electrons. The van der Waals surface area contributed by atoms with Crippen LogP contribution in [0.15, 0.2) is 18.2 Å². The fourth-order valence-corrected chi connectivity index (χ4v) is 1.46. The van der Waals surface area contributed by atoms with Crippen molar-refractivity contribution in [3.05, 3.63) is 28.8 Å². The highest BCUT2D eigenvalue weighted by molar-refractivity contribution is 6.33. The molecule has 0 spiro atoms. The largest absolute Gasteiger partial charge is 0.479 e. The first-order chi connectivity index (χ1) is 8.40. The van der Waals surface area contributed by atoms with Gasteiger partial charge in [-0.15, -0.1) is 0 Å². The van der Waals surface area contributed by atoms with Crippen molar-refractivity contribution in [3.63, 3.8) is 0 Å². The molecule has 1 aromatic rings. The van der Waals surface area contributed by atoms with E-state index >= 15 is 0 Å². The number of nitrogens with one attached hydrogen (secondary N) is 1. The number of carbonyl (C=O) groups excluding carboxylic acids is 1. The number of amides is 1. The summed E-state index contributed by atoms with van der Waals surface area (Å²) in [5.41, 5.74) is 1.45. The van der Waals surface area contributed by atoms with Gasteiger partial charge in [0.25, 0.3) is 0 Å². The molecule has 0 aliphatic rings. The Hall–Kier alpha value is -1.59. The fourth-order valence-electron chi connectivity index (χ4n) is 1.18. The van der Waals surface area contributed by atoms with Gasteiger partial charge in [-0.3, -0.25) is 4.79 Å². The predicted molar refractivity (Wildman–Crippen MR) is 67.9 cm³/mol. The molecule has 0 aromatic heterocycles. The summed E-state index contributed by atoms with van der Waals surface area (Å²) in [6.07, 6.45) is -1.02. The van der Waals surface area contributed by atoms with Gasteiger partial charge >= 0.3 is 5.97 Å². The molecular weight excluding hydrogens is 258 g/mol. The van der Waals surface area contributed by atoms with Gasteiger partial charge in [0.2, 0.25) is 5.91 Å². The molecule has 0 unspecified atom stereocenters. The van der Waals surface area contributed by atoms with Gasteiger partial charge in [-0.1, -0.05) is 17.7 Å². The lowest BCUT2D eigenvalue weighted by atomic mass is 10.2. The maximum atomic E-state index is 11.5. The van der Waals surface area contributed by atoms with Gasteiger partial charge < -0.3 is 15.2 Å². The number of carbonyl (C=O) groups is 2. The molecule has 0 aliphatic carbocycles. The molecule has 0 fully saturated rings. The van der Waals surface area contributed by atoms with Gasteiger partial charge in [-0.2, -0.15) is 0 Å². The van der Waals surface area contributed by atoms with Crippen molar-refractivity contribution < 1.29 is 19.4 Å². The molecule has 1 rings (SSSR count). The zero-order valence-corrected chi connectivity index (χ0v) is 10.8. The Morgan fingerprint density at radius 1 is 1.50 bits per heavy atom. The second-order valence-electron chi connectivity index (χ2n) is 3.82. The second-order valence-corrected chi connectivity index (χ2v) is 4.23. The molecule has 0 bridgehead atoms. The van der Waals surface area contributed by atoms with Crippen molar-refractivity contribution in [1.82, 2.24) is 0 Å². The highest BCUT2D eigenvalue weighted by Gasteiger charge is 2.13. The molecule has 5 nitrogen and oxygen atoms in total. The molecule has 98 valence electrons. The fraction of sp³-hybridized carbons (Fsp3) is 0.333. The molecule has 0 saturated heterocycles. The smallest absolute Gasteiger partial charge is 0.332 e. The first-order valence-electron chi connectivity index (χ1n) is 5.30. The van der Waals surface area contributed by atoms with E-state index in [9.17, 15) is 9.59 Å². The summed E-state index contributed by atoms with van der Waals surface area (Å²) in [5.74, 6) is -1.56. The average Bonchev–Trinajstić information content (AvgIpc) is 2.29. The van der Waals surface area contributed by atoms with E-state index in [1.165, 1.54) is 6.92 Å². The standard InChI is InChI=1S/C12H14ClNO4/c1-7-3-4-10(9(13)5-7)14-11(15)6-18-8(2)12(16)17/h3-5,8H,6H2,1-2H3,(H,14,15)(H,16,17)/t8-/m0/s1. The van der Waals surface area contributed by atoms with Gasteiger partial charge in [-0.25, -0.2) is 4.79 Å². The lowest BCUT2D eigenvalue weighted by Gasteiger charge is -2.10.